The van der Waals surface area contributed by atoms with Crippen molar-refractivity contribution in [2.45, 2.75) is 6.61 Å². The van der Waals surface area contributed by atoms with Crippen LogP contribution in [0.1, 0.15) is 5.56 Å². The van der Waals surface area contributed by atoms with Crippen LogP contribution in [-0.4, -0.2) is 38.0 Å². The Kier molecular flexibility index (Phi) is 5.28. The molecule has 0 atom stereocenters. The SMILES string of the molecule is CON(CN(C)C)OCc1ccccc1. The van der Waals surface area contributed by atoms with Crippen LogP contribution in [0.15, 0.2) is 30.3 Å². The van der Waals surface area contributed by atoms with Gasteiger partial charge in [-0.3, -0.25) is 14.6 Å². The first-order valence-corrected chi connectivity index (χ1v) is 4.85. The van der Waals surface area contributed by atoms with Gasteiger partial charge in [-0.1, -0.05) is 35.6 Å². The molecule has 0 spiro atoms. The van der Waals surface area contributed by atoms with E-state index in [2.05, 4.69) is 0 Å². The van der Waals surface area contributed by atoms with E-state index >= 15 is 0 Å². The van der Waals surface area contributed by atoms with Crippen molar-refractivity contribution in [3.05, 3.63) is 35.9 Å². The predicted molar refractivity (Wildman–Crippen MR) is 58.6 cm³/mol. The summed E-state index contributed by atoms with van der Waals surface area (Å²) in [5.41, 5.74) is 1.12. The first kappa shape index (κ1) is 12.1. The van der Waals surface area contributed by atoms with Crippen LogP contribution in [0.25, 0.3) is 0 Å². The lowest BCUT2D eigenvalue weighted by Crippen LogP contribution is -2.32. The molecule has 15 heavy (non-hydrogen) atoms. The van der Waals surface area contributed by atoms with Gasteiger partial charge in [0, 0.05) is 0 Å². The minimum Gasteiger partial charge on any atom is -0.293 e. The molecule has 4 nitrogen and oxygen atoms in total. The third-order valence-electron chi connectivity index (χ3n) is 1.82. The predicted octanol–water partition coefficient (Wildman–Crippen LogP) is 1.50. The maximum Gasteiger partial charge on any atom is 0.103 e. The summed E-state index contributed by atoms with van der Waals surface area (Å²) in [4.78, 5) is 12.5. The lowest BCUT2D eigenvalue weighted by atomic mass is 10.2. The molecule has 0 fully saturated rings. The number of hydroxylamine groups is 2. The minimum atomic E-state index is 0.516. The Bertz CT molecular complexity index is 265. The zero-order chi connectivity index (χ0) is 11.1. The molecular weight excluding hydrogens is 192 g/mol. The summed E-state index contributed by atoms with van der Waals surface area (Å²) >= 11 is 0. The summed E-state index contributed by atoms with van der Waals surface area (Å²) in [7, 11) is 5.50. The van der Waals surface area contributed by atoms with Gasteiger partial charge in [-0.2, -0.15) is 0 Å². The van der Waals surface area contributed by atoms with Gasteiger partial charge in [-0.15, -0.1) is 0 Å². The second-order valence-corrected chi connectivity index (χ2v) is 3.50. The molecule has 0 amide bonds. The van der Waals surface area contributed by atoms with Gasteiger partial charge in [-0.05, 0) is 19.7 Å². The standard InChI is InChI=1S/C11H18N2O2/c1-12(2)10-13(14-3)15-9-11-7-5-4-6-8-11/h4-8H,9-10H2,1-3H3. The molecule has 0 N–H and O–H groups in total. The molecule has 0 radical (unpaired) electrons. The van der Waals surface area contributed by atoms with E-state index in [9.17, 15) is 0 Å². The molecular formula is C11H18N2O2. The maximum absolute atomic E-state index is 5.46. The summed E-state index contributed by atoms with van der Waals surface area (Å²) in [6.07, 6.45) is 0. The fourth-order valence-corrected chi connectivity index (χ4v) is 1.10. The van der Waals surface area contributed by atoms with E-state index in [1.807, 2.05) is 49.3 Å². The van der Waals surface area contributed by atoms with Crippen LogP contribution >= 0.6 is 0 Å². The van der Waals surface area contributed by atoms with Crippen molar-refractivity contribution in [2.24, 2.45) is 0 Å². The maximum atomic E-state index is 5.46. The highest BCUT2D eigenvalue weighted by molar-refractivity contribution is 5.13. The Balaban J connectivity index is 2.34. The quantitative estimate of drug-likeness (QED) is 0.525. The molecule has 0 saturated heterocycles. The van der Waals surface area contributed by atoms with E-state index in [1.54, 1.807) is 7.11 Å². The van der Waals surface area contributed by atoms with Gasteiger partial charge in [0.1, 0.15) is 6.67 Å². The van der Waals surface area contributed by atoms with Crippen LogP contribution in [0, 0.1) is 0 Å². The molecule has 0 aliphatic rings. The number of hydrogen-bond acceptors (Lipinski definition) is 4. The Morgan fingerprint density at radius 3 is 2.33 bits per heavy atom. The molecule has 0 heterocycles. The van der Waals surface area contributed by atoms with Gasteiger partial charge in [0.2, 0.25) is 0 Å². The molecule has 1 aromatic rings. The summed E-state index contributed by atoms with van der Waals surface area (Å²) < 4.78 is 0. The molecule has 0 aromatic heterocycles. The monoisotopic (exact) mass is 210 g/mol. The zero-order valence-corrected chi connectivity index (χ0v) is 9.51. The normalized spacial score (nSPS) is 11.3. The van der Waals surface area contributed by atoms with Gasteiger partial charge in [0.25, 0.3) is 0 Å². The van der Waals surface area contributed by atoms with E-state index in [4.69, 9.17) is 9.68 Å². The van der Waals surface area contributed by atoms with Crippen LogP contribution in [0.2, 0.25) is 0 Å². The fraction of sp³-hybridized carbons (Fsp3) is 0.455. The molecule has 0 unspecified atom stereocenters. The zero-order valence-electron chi connectivity index (χ0n) is 9.51. The average molecular weight is 210 g/mol. The van der Waals surface area contributed by atoms with Crippen LogP contribution < -0.4 is 0 Å². The van der Waals surface area contributed by atoms with Crippen molar-refractivity contribution in [1.29, 1.82) is 0 Å². The van der Waals surface area contributed by atoms with Crippen molar-refractivity contribution < 1.29 is 9.68 Å². The van der Waals surface area contributed by atoms with Crippen LogP contribution in [0.4, 0.5) is 0 Å². The third kappa shape index (κ3) is 4.90. The van der Waals surface area contributed by atoms with Crippen LogP contribution in [-0.2, 0) is 16.3 Å². The van der Waals surface area contributed by atoms with Crippen molar-refractivity contribution in [1.82, 2.24) is 10.1 Å². The number of rotatable bonds is 6. The third-order valence-corrected chi connectivity index (χ3v) is 1.82. The van der Waals surface area contributed by atoms with E-state index in [-0.39, 0.29) is 0 Å². The van der Waals surface area contributed by atoms with Crippen molar-refractivity contribution in [3.8, 4) is 0 Å². The lowest BCUT2D eigenvalue weighted by molar-refractivity contribution is -0.373. The van der Waals surface area contributed by atoms with E-state index < -0.39 is 0 Å². The number of nitrogens with zero attached hydrogens (tertiary/aromatic N) is 2. The molecule has 0 bridgehead atoms. The molecule has 0 aliphatic carbocycles. The van der Waals surface area contributed by atoms with Gasteiger partial charge in [-0.25, -0.2) is 0 Å². The topological polar surface area (TPSA) is 24.9 Å². The Morgan fingerprint density at radius 1 is 1.13 bits per heavy atom. The highest BCUT2D eigenvalue weighted by atomic mass is 16.9. The average Bonchev–Trinajstić information content (AvgIpc) is 2.25. The van der Waals surface area contributed by atoms with Crippen LogP contribution in [0.5, 0.6) is 0 Å². The summed E-state index contributed by atoms with van der Waals surface area (Å²) in [6.45, 7) is 1.12. The number of benzene rings is 1. The van der Waals surface area contributed by atoms with Gasteiger partial charge in [0.05, 0.1) is 13.7 Å². The highest BCUT2D eigenvalue weighted by Crippen LogP contribution is 2.03. The lowest BCUT2D eigenvalue weighted by Gasteiger charge is -2.22. The van der Waals surface area contributed by atoms with Gasteiger partial charge < -0.3 is 0 Å². The second-order valence-electron chi connectivity index (χ2n) is 3.50. The van der Waals surface area contributed by atoms with Gasteiger partial charge in [0.15, 0.2) is 0 Å². The molecule has 0 aliphatic heterocycles. The summed E-state index contributed by atoms with van der Waals surface area (Å²) in [5, 5.41) is 1.45. The largest absolute Gasteiger partial charge is 0.293 e. The molecule has 1 aromatic carbocycles. The van der Waals surface area contributed by atoms with E-state index in [0.29, 0.717) is 13.3 Å². The Hall–Kier alpha value is -0.940. The molecule has 1 rings (SSSR count). The molecule has 4 heteroatoms. The highest BCUT2D eigenvalue weighted by Gasteiger charge is 2.05. The van der Waals surface area contributed by atoms with E-state index in [0.717, 1.165) is 5.56 Å². The molecule has 84 valence electrons. The van der Waals surface area contributed by atoms with Crippen molar-refractivity contribution in [2.75, 3.05) is 27.9 Å². The van der Waals surface area contributed by atoms with Gasteiger partial charge >= 0.3 is 0 Å². The Morgan fingerprint density at radius 2 is 1.80 bits per heavy atom. The number of hydrogen-bond donors (Lipinski definition) is 0. The Labute approximate surface area is 90.9 Å². The minimum absolute atomic E-state index is 0.516. The second kappa shape index (κ2) is 6.53. The van der Waals surface area contributed by atoms with Crippen LogP contribution in [0.3, 0.4) is 0 Å². The first-order chi connectivity index (χ1) is 7.22. The smallest absolute Gasteiger partial charge is 0.103 e. The first-order valence-electron chi connectivity index (χ1n) is 4.85. The van der Waals surface area contributed by atoms with Crippen molar-refractivity contribution in [3.63, 3.8) is 0 Å². The van der Waals surface area contributed by atoms with E-state index in [1.165, 1.54) is 5.23 Å². The molecule has 0 saturated carbocycles. The van der Waals surface area contributed by atoms with Crippen molar-refractivity contribution >= 4 is 0 Å². The summed E-state index contributed by atoms with van der Waals surface area (Å²) in [6, 6.07) is 9.99. The fourth-order valence-electron chi connectivity index (χ4n) is 1.10. The summed E-state index contributed by atoms with van der Waals surface area (Å²) in [5.74, 6) is 0.